The number of nitrogens with zero attached hydrogens (tertiary/aromatic N) is 2. The number of likely N-dealkylation sites (tertiary alicyclic amines) is 1. The second kappa shape index (κ2) is 4.70. The van der Waals surface area contributed by atoms with Gasteiger partial charge in [0.05, 0.1) is 5.02 Å². The number of hydrogen-bond acceptors (Lipinski definition) is 2. The van der Waals surface area contributed by atoms with Crippen LogP contribution in [-0.2, 0) is 0 Å². The number of piperidine rings is 1. The lowest BCUT2D eigenvalue weighted by Gasteiger charge is -2.36. The molecule has 1 aromatic rings. The molecule has 2 atom stereocenters. The van der Waals surface area contributed by atoms with E-state index in [1.54, 1.807) is 6.20 Å². The smallest absolute Gasteiger partial charge is 0.352 e. The molecular weight excluding hydrogens is 240 g/mol. The number of aromatic carboxylic acids is 1. The summed E-state index contributed by atoms with van der Waals surface area (Å²) in [7, 11) is 2.09. The minimum atomic E-state index is -0.914. The van der Waals surface area contributed by atoms with E-state index in [0.717, 1.165) is 19.5 Å². The van der Waals surface area contributed by atoms with Crippen LogP contribution in [0, 0.1) is 5.92 Å². The van der Waals surface area contributed by atoms with Crippen LogP contribution in [0.3, 0.4) is 0 Å². The Morgan fingerprint density at radius 1 is 1.59 bits per heavy atom. The minimum absolute atomic E-state index is 0.227. The van der Waals surface area contributed by atoms with Gasteiger partial charge in [-0.15, -0.1) is 0 Å². The fraction of sp³-hybridized carbons (Fsp3) is 0.583. The minimum Gasteiger partial charge on any atom is -0.477 e. The molecule has 0 spiro atoms. The second-order valence-electron chi connectivity index (χ2n) is 4.85. The third-order valence-corrected chi connectivity index (χ3v) is 3.66. The number of aromatic nitrogens is 1. The number of rotatable bonds is 2. The Bertz CT molecular complexity index is 430. The average molecular weight is 257 g/mol. The summed E-state index contributed by atoms with van der Waals surface area (Å²) in [6.07, 6.45) is 2.69. The van der Waals surface area contributed by atoms with Crippen molar-refractivity contribution in [3.8, 4) is 0 Å². The predicted molar refractivity (Wildman–Crippen MR) is 66.7 cm³/mol. The summed E-state index contributed by atoms with van der Waals surface area (Å²) < 4.78 is 1.82. The number of carboxylic acids is 1. The largest absolute Gasteiger partial charge is 0.477 e. The molecule has 2 heterocycles. The summed E-state index contributed by atoms with van der Waals surface area (Å²) in [5.74, 6) is -0.488. The van der Waals surface area contributed by atoms with Crippen molar-refractivity contribution < 1.29 is 9.90 Å². The van der Waals surface area contributed by atoms with Crippen molar-refractivity contribution in [1.29, 1.82) is 0 Å². The summed E-state index contributed by atoms with van der Waals surface area (Å²) in [5.41, 5.74) is 0.288. The number of hydrogen-bond donors (Lipinski definition) is 1. The molecule has 2 unspecified atom stereocenters. The van der Waals surface area contributed by atoms with Gasteiger partial charge in [0.2, 0.25) is 0 Å². The van der Waals surface area contributed by atoms with Crippen molar-refractivity contribution >= 4 is 17.6 Å². The number of halogens is 1. The highest BCUT2D eigenvalue weighted by Gasteiger charge is 2.28. The molecule has 0 bridgehead atoms. The zero-order valence-electron chi connectivity index (χ0n) is 10.1. The topological polar surface area (TPSA) is 45.5 Å². The molecule has 5 heteroatoms. The Kier molecular flexibility index (Phi) is 3.45. The van der Waals surface area contributed by atoms with Crippen LogP contribution in [0.5, 0.6) is 0 Å². The Labute approximate surface area is 106 Å². The maximum atomic E-state index is 11.2. The van der Waals surface area contributed by atoms with Crippen LogP contribution >= 0.6 is 11.6 Å². The lowest BCUT2D eigenvalue weighted by atomic mass is 9.94. The maximum absolute atomic E-state index is 11.2. The fourth-order valence-electron chi connectivity index (χ4n) is 2.65. The SMILES string of the molecule is CC1CN(C)CCC1n1cc(Cl)cc1C(=O)O. The van der Waals surface area contributed by atoms with Crippen molar-refractivity contribution in [2.24, 2.45) is 5.92 Å². The van der Waals surface area contributed by atoms with Gasteiger partial charge in [-0.25, -0.2) is 4.79 Å². The van der Waals surface area contributed by atoms with Crippen LogP contribution in [0.15, 0.2) is 12.3 Å². The van der Waals surface area contributed by atoms with Crippen LogP contribution in [0.25, 0.3) is 0 Å². The van der Waals surface area contributed by atoms with Gasteiger partial charge in [-0.3, -0.25) is 0 Å². The lowest BCUT2D eigenvalue weighted by Crippen LogP contribution is -2.38. The molecule has 2 rings (SSSR count). The van der Waals surface area contributed by atoms with E-state index < -0.39 is 5.97 Å². The van der Waals surface area contributed by atoms with Gasteiger partial charge in [-0.2, -0.15) is 0 Å². The van der Waals surface area contributed by atoms with E-state index in [1.165, 1.54) is 6.07 Å². The molecule has 1 saturated heterocycles. The van der Waals surface area contributed by atoms with E-state index in [9.17, 15) is 4.79 Å². The summed E-state index contributed by atoms with van der Waals surface area (Å²) >= 11 is 5.91. The van der Waals surface area contributed by atoms with E-state index >= 15 is 0 Å². The molecule has 0 aromatic carbocycles. The Morgan fingerprint density at radius 3 is 2.88 bits per heavy atom. The van der Waals surface area contributed by atoms with Gasteiger partial charge < -0.3 is 14.6 Å². The molecule has 0 aliphatic carbocycles. The molecule has 1 aliphatic rings. The quantitative estimate of drug-likeness (QED) is 0.884. The monoisotopic (exact) mass is 256 g/mol. The highest BCUT2D eigenvalue weighted by Crippen LogP contribution is 2.30. The summed E-state index contributed by atoms with van der Waals surface area (Å²) in [4.78, 5) is 13.4. The van der Waals surface area contributed by atoms with Crippen molar-refractivity contribution in [3.05, 3.63) is 23.0 Å². The van der Waals surface area contributed by atoms with Gasteiger partial charge >= 0.3 is 5.97 Å². The van der Waals surface area contributed by atoms with Gasteiger partial charge in [-0.1, -0.05) is 18.5 Å². The predicted octanol–water partition coefficient (Wildman–Crippen LogP) is 2.35. The molecule has 0 amide bonds. The molecule has 4 nitrogen and oxygen atoms in total. The highest BCUT2D eigenvalue weighted by molar-refractivity contribution is 6.30. The molecule has 1 aromatic heterocycles. The molecule has 0 radical (unpaired) electrons. The van der Waals surface area contributed by atoms with Crippen molar-refractivity contribution in [1.82, 2.24) is 9.47 Å². The Morgan fingerprint density at radius 2 is 2.29 bits per heavy atom. The Hall–Kier alpha value is -1.00. The van der Waals surface area contributed by atoms with Gasteiger partial charge in [0.1, 0.15) is 5.69 Å². The third kappa shape index (κ3) is 2.48. The third-order valence-electron chi connectivity index (χ3n) is 3.45. The van der Waals surface area contributed by atoms with Gasteiger partial charge in [0, 0.05) is 18.8 Å². The highest BCUT2D eigenvalue weighted by atomic mass is 35.5. The molecule has 17 heavy (non-hydrogen) atoms. The van der Waals surface area contributed by atoms with Gasteiger partial charge in [0.15, 0.2) is 0 Å². The summed E-state index contributed by atoms with van der Waals surface area (Å²) in [5, 5.41) is 9.65. The van der Waals surface area contributed by atoms with Crippen LogP contribution < -0.4 is 0 Å². The molecule has 1 aliphatic heterocycles. The second-order valence-corrected chi connectivity index (χ2v) is 5.29. The first-order valence-corrected chi connectivity index (χ1v) is 6.16. The molecule has 1 N–H and O–H groups in total. The van der Waals surface area contributed by atoms with Crippen LogP contribution in [0.1, 0.15) is 29.9 Å². The standard InChI is InChI=1S/C12H17ClN2O2/c1-8-6-14(2)4-3-10(8)15-7-9(13)5-11(15)12(16)17/h5,7-8,10H,3-4,6H2,1-2H3,(H,16,17). The van der Waals surface area contributed by atoms with Crippen molar-refractivity contribution in [2.45, 2.75) is 19.4 Å². The van der Waals surface area contributed by atoms with E-state index in [0.29, 0.717) is 10.9 Å². The molecule has 1 fully saturated rings. The first-order valence-electron chi connectivity index (χ1n) is 5.78. The normalized spacial score (nSPS) is 26.1. The lowest BCUT2D eigenvalue weighted by molar-refractivity contribution is 0.0673. The average Bonchev–Trinajstić information content (AvgIpc) is 2.60. The van der Waals surface area contributed by atoms with Crippen molar-refractivity contribution in [3.63, 3.8) is 0 Å². The molecular formula is C12H17ClN2O2. The maximum Gasteiger partial charge on any atom is 0.352 e. The zero-order valence-corrected chi connectivity index (χ0v) is 10.8. The number of carbonyl (C=O) groups is 1. The fourth-order valence-corrected chi connectivity index (χ4v) is 2.85. The first-order chi connectivity index (χ1) is 7.99. The van der Waals surface area contributed by atoms with E-state index in [2.05, 4.69) is 18.9 Å². The van der Waals surface area contributed by atoms with Crippen molar-refractivity contribution in [2.75, 3.05) is 20.1 Å². The van der Waals surface area contributed by atoms with E-state index in [1.807, 2.05) is 4.57 Å². The molecule has 0 saturated carbocycles. The van der Waals surface area contributed by atoms with E-state index in [4.69, 9.17) is 16.7 Å². The van der Waals surface area contributed by atoms with E-state index in [-0.39, 0.29) is 11.7 Å². The first kappa shape index (κ1) is 12.5. The summed E-state index contributed by atoms with van der Waals surface area (Å²) in [6, 6.07) is 1.75. The van der Waals surface area contributed by atoms with Crippen LogP contribution in [0.4, 0.5) is 0 Å². The van der Waals surface area contributed by atoms with Crippen LogP contribution in [0.2, 0.25) is 5.02 Å². The van der Waals surface area contributed by atoms with Gasteiger partial charge in [-0.05, 0) is 32.0 Å². The molecule has 94 valence electrons. The zero-order chi connectivity index (χ0) is 12.6. The van der Waals surface area contributed by atoms with Crippen LogP contribution in [-0.4, -0.2) is 40.7 Å². The van der Waals surface area contributed by atoms with Gasteiger partial charge in [0.25, 0.3) is 0 Å². The Balaban J connectivity index is 2.30. The summed E-state index contributed by atoms with van der Waals surface area (Å²) in [6.45, 7) is 4.13. The number of carboxylic acid groups (broad SMARTS) is 1.